The van der Waals surface area contributed by atoms with Crippen LogP contribution in [0.25, 0.3) is 0 Å². The van der Waals surface area contributed by atoms with E-state index in [9.17, 15) is 4.79 Å². The Hall–Kier alpha value is -1.82. The van der Waals surface area contributed by atoms with Crippen LogP contribution in [0.5, 0.6) is 0 Å². The molecule has 1 fully saturated rings. The van der Waals surface area contributed by atoms with Crippen LogP contribution in [0.2, 0.25) is 0 Å². The van der Waals surface area contributed by atoms with Crippen molar-refractivity contribution >= 4 is 5.91 Å². The number of hydrogen-bond donors (Lipinski definition) is 1. The maximum Gasteiger partial charge on any atom is 0.221 e. The van der Waals surface area contributed by atoms with E-state index in [0.29, 0.717) is 6.42 Å². The molecule has 0 aliphatic heterocycles. The molecule has 1 amide bonds. The van der Waals surface area contributed by atoms with Crippen molar-refractivity contribution in [3.05, 3.63) is 35.9 Å². The Labute approximate surface area is 114 Å². The molecule has 0 unspecified atom stereocenters. The summed E-state index contributed by atoms with van der Waals surface area (Å²) in [7, 11) is 0. The Kier molecular flexibility index (Phi) is 4.21. The SMILES string of the molecule is CC[C@@H](CC(=O)NC1(C#N)CCC1)c1ccccc1. The summed E-state index contributed by atoms with van der Waals surface area (Å²) in [5.74, 6) is 0.231. The fourth-order valence-corrected chi connectivity index (χ4v) is 2.56. The third kappa shape index (κ3) is 3.14. The molecule has 1 aromatic rings. The molecule has 0 saturated heterocycles. The Bertz CT molecular complexity index is 471. The van der Waals surface area contributed by atoms with E-state index < -0.39 is 5.54 Å². The summed E-state index contributed by atoms with van der Waals surface area (Å²) in [6.45, 7) is 2.09. The van der Waals surface area contributed by atoms with Crippen LogP contribution in [0.1, 0.15) is 50.5 Å². The minimum Gasteiger partial charge on any atom is -0.338 e. The predicted molar refractivity (Wildman–Crippen MR) is 74.4 cm³/mol. The molecule has 3 heteroatoms. The monoisotopic (exact) mass is 256 g/mol. The lowest BCUT2D eigenvalue weighted by Crippen LogP contribution is -2.52. The van der Waals surface area contributed by atoms with E-state index in [1.165, 1.54) is 5.56 Å². The van der Waals surface area contributed by atoms with Gasteiger partial charge in [0.05, 0.1) is 6.07 Å². The first-order valence-electron chi connectivity index (χ1n) is 6.96. The number of rotatable bonds is 5. The van der Waals surface area contributed by atoms with E-state index in [1.54, 1.807) is 0 Å². The lowest BCUT2D eigenvalue weighted by atomic mass is 9.77. The second-order valence-corrected chi connectivity index (χ2v) is 5.32. The molecular formula is C16H20N2O. The Morgan fingerprint density at radius 1 is 1.42 bits per heavy atom. The van der Waals surface area contributed by atoms with E-state index in [2.05, 4.69) is 30.4 Å². The average molecular weight is 256 g/mol. The highest BCUT2D eigenvalue weighted by Gasteiger charge is 2.38. The minimum atomic E-state index is -0.577. The van der Waals surface area contributed by atoms with Gasteiger partial charge in [-0.25, -0.2) is 0 Å². The molecule has 1 atom stereocenters. The first kappa shape index (κ1) is 13.6. The molecular weight excluding hydrogens is 236 g/mol. The third-order valence-electron chi connectivity index (χ3n) is 4.00. The topological polar surface area (TPSA) is 52.9 Å². The van der Waals surface area contributed by atoms with Gasteiger partial charge in [0.15, 0.2) is 0 Å². The molecule has 2 rings (SSSR count). The molecule has 1 N–H and O–H groups in total. The average Bonchev–Trinajstić information content (AvgIpc) is 2.41. The molecule has 19 heavy (non-hydrogen) atoms. The van der Waals surface area contributed by atoms with E-state index in [4.69, 9.17) is 5.26 Å². The molecule has 0 spiro atoms. The fraction of sp³-hybridized carbons (Fsp3) is 0.500. The molecule has 1 aliphatic carbocycles. The first-order valence-corrected chi connectivity index (χ1v) is 6.96. The van der Waals surface area contributed by atoms with Crippen molar-refractivity contribution in [3.8, 4) is 6.07 Å². The normalized spacial score (nSPS) is 17.9. The van der Waals surface area contributed by atoms with Crippen molar-refractivity contribution in [2.45, 2.75) is 50.5 Å². The second-order valence-electron chi connectivity index (χ2n) is 5.32. The van der Waals surface area contributed by atoms with Gasteiger partial charge < -0.3 is 5.32 Å². The molecule has 0 heterocycles. The molecule has 0 radical (unpaired) electrons. The summed E-state index contributed by atoms with van der Waals surface area (Å²) in [5, 5.41) is 12.0. The molecule has 100 valence electrons. The zero-order valence-corrected chi connectivity index (χ0v) is 11.4. The van der Waals surface area contributed by atoms with Crippen LogP contribution in [0.3, 0.4) is 0 Å². The highest BCUT2D eigenvalue weighted by atomic mass is 16.1. The first-order chi connectivity index (χ1) is 9.19. The number of carbonyl (C=O) groups excluding carboxylic acids is 1. The highest BCUT2D eigenvalue weighted by molar-refractivity contribution is 5.78. The van der Waals surface area contributed by atoms with Gasteiger partial charge in [-0.05, 0) is 37.2 Å². The molecule has 1 aromatic carbocycles. The van der Waals surface area contributed by atoms with Crippen molar-refractivity contribution < 1.29 is 4.79 Å². The van der Waals surface area contributed by atoms with Gasteiger partial charge in [-0.2, -0.15) is 5.26 Å². The van der Waals surface area contributed by atoms with Crippen LogP contribution in [-0.4, -0.2) is 11.4 Å². The number of nitrogens with one attached hydrogen (secondary N) is 1. The largest absolute Gasteiger partial charge is 0.338 e. The van der Waals surface area contributed by atoms with Gasteiger partial charge in [-0.15, -0.1) is 0 Å². The van der Waals surface area contributed by atoms with Crippen LogP contribution in [0.15, 0.2) is 30.3 Å². The quantitative estimate of drug-likeness (QED) is 0.880. The van der Waals surface area contributed by atoms with Crippen LogP contribution in [0.4, 0.5) is 0 Å². The summed E-state index contributed by atoms with van der Waals surface area (Å²) in [5.41, 5.74) is 0.617. The van der Waals surface area contributed by atoms with E-state index in [0.717, 1.165) is 25.7 Å². The van der Waals surface area contributed by atoms with Crippen molar-refractivity contribution in [2.75, 3.05) is 0 Å². The van der Waals surface area contributed by atoms with E-state index in [-0.39, 0.29) is 11.8 Å². The Morgan fingerprint density at radius 3 is 2.58 bits per heavy atom. The summed E-state index contributed by atoms with van der Waals surface area (Å²) in [6, 6.07) is 12.3. The van der Waals surface area contributed by atoms with Crippen LogP contribution in [0, 0.1) is 11.3 Å². The number of nitriles is 1. The standard InChI is InChI=1S/C16H20N2O/c1-2-13(14-7-4-3-5-8-14)11-15(19)18-16(12-17)9-6-10-16/h3-5,7-8,13H,2,6,9-11H2,1H3,(H,18,19)/t13-/m0/s1. The zero-order valence-electron chi connectivity index (χ0n) is 11.4. The van der Waals surface area contributed by atoms with Gasteiger partial charge in [0.2, 0.25) is 5.91 Å². The second kappa shape index (κ2) is 5.88. The Balaban J connectivity index is 1.96. The smallest absolute Gasteiger partial charge is 0.221 e. The van der Waals surface area contributed by atoms with Crippen molar-refractivity contribution in [2.24, 2.45) is 0 Å². The number of hydrogen-bond acceptors (Lipinski definition) is 2. The van der Waals surface area contributed by atoms with Crippen molar-refractivity contribution in [3.63, 3.8) is 0 Å². The Morgan fingerprint density at radius 2 is 2.11 bits per heavy atom. The fourth-order valence-electron chi connectivity index (χ4n) is 2.56. The van der Waals surface area contributed by atoms with Crippen LogP contribution in [-0.2, 0) is 4.79 Å². The van der Waals surface area contributed by atoms with Crippen molar-refractivity contribution in [1.29, 1.82) is 5.26 Å². The molecule has 0 aromatic heterocycles. The lowest BCUT2D eigenvalue weighted by molar-refractivity contribution is -0.123. The van der Waals surface area contributed by atoms with Crippen LogP contribution >= 0.6 is 0 Å². The number of carbonyl (C=O) groups is 1. The maximum absolute atomic E-state index is 12.1. The van der Waals surface area contributed by atoms with Gasteiger partial charge in [-0.3, -0.25) is 4.79 Å². The van der Waals surface area contributed by atoms with Gasteiger partial charge in [0.1, 0.15) is 5.54 Å². The van der Waals surface area contributed by atoms with Gasteiger partial charge in [0.25, 0.3) is 0 Å². The number of amides is 1. The highest BCUT2D eigenvalue weighted by Crippen LogP contribution is 2.31. The van der Waals surface area contributed by atoms with Gasteiger partial charge in [0, 0.05) is 6.42 Å². The summed E-state index contributed by atoms with van der Waals surface area (Å²) >= 11 is 0. The number of benzene rings is 1. The van der Waals surface area contributed by atoms with E-state index >= 15 is 0 Å². The summed E-state index contributed by atoms with van der Waals surface area (Å²) < 4.78 is 0. The molecule has 3 nitrogen and oxygen atoms in total. The summed E-state index contributed by atoms with van der Waals surface area (Å²) in [6.07, 6.45) is 4.00. The zero-order chi connectivity index (χ0) is 13.7. The molecule has 1 aliphatic rings. The van der Waals surface area contributed by atoms with E-state index in [1.807, 2.05) is 18.2 Å². The minimum absolute atomic E-state index is 0.00282. The summed E-state index contributed by atoms with van der Waals surface area (Å²) in [4.78, 5) is 12.1. The molecule has 1 saturated carbocycles. The maximum atomic E-state index is 12.1. The third-order valence-corrected chi connectivity index (χ3v) is 4.00. The van der Waals surface area contributed by atoms with Gasteiger partial charge >= 0.3 is 0 Å². The predicted octanol–water partition coefficient (Wildman–Crippen LogP) is 3.13. The van der Waals surface area contributed by atoms with Crippen molar-refractivity contribution in [1.82, 2.24) is 5.32 Å². The number of nitrogens with zero attached hydrogens (tertiary/aromatic N) is 1. The molecule has 0 bridgehead atoms. The van der Waals surface area contributed by atoms with Crippen LogP contribution < -0.4 is 5.32 Å². The van der Waals surface area contributed by atoms with Gasteiger partial charge in [-0.1, -0.05) is 37.3 Å². The lowest BCUT2D eigenvalue weighted by Gasteiger charge is -2.36.